The predicted molar refractivity (Wildman–Crippen MR) is 512 cm³/mol. The van der Waals surface area contributed by atoms with Crippen molar-refractivity contribution in [2.45, 2.75) is 152 Å². The topological polar surface area (TPSA) is 345 Å². The van der Waals surface area contributed by atoms with Crippen LogP contribution in [0.15, 0.2) is 190 Å². The van der Waals surface area contributed by atoms with Crippen LogP contribution in [0.3, 0.4) is 0 Å². The van der Waals surface area contributed by atoms with Crippen molar-refractivity contribution in [3.63, 3.8) is 0 Å². The van der Waals surface area contributed by atoms with Crippen LogP contribution in [-0.2, 0) is 55.7 Å². The highest BCUT2D eigenvalue weighted by molar-refractivity contribution is 9.09. The van der Waals surface area contributed by atoms with E-state index in [4.69, 9.17) is 24.7 Å². The minimum Gasteiger partial charge on any atom is -0.510 e. The van der Waals surface area contributed by atoms with Gasteiger partial charge in [-0.25, -0.2) is 49.5 Å². The molecule has 0 aliphatic carbocycles. The summed E-state index contributed by atoms with van der Waals surface area (Å²) in [7, 11) is 9.60. The number of hydrogen-bond donors (Lipinski definition) is 7. The largest absolute Gasteiger partial charge is 0.510 e. The first-order chi connectivity index (χ1) is 64.5. The Morgan fingerprint density at radius 3 is 1.30 bits per heavy atom. The van der Waals surface area contributed by atoms with Crippen molar-refractivity contribution in [2.75, 3.05) is 130 Å². The van der Waals surface area contributed by atoms with Gasteiger partial charge in [0.15, 0.2) is 22.8 Å². The first-order valence-corrected chi connectivity index (χ1v) is 45.3. The number of amides is 1. The maximum Gasteiger partial charge on any atom is 0.358 e. The molecule has 6 aromatic carbocycles. The number of likely N-dealkylation sites (tertiary alicyclic amines) is 1. The summed E-state index contributed by atoms with van der Waals surface area (Å²) in [6.45, 7) is 18.1. The monoisotopic (exact) mass is 1950 g/mol. The van der Waals surface area contributed by atoms with Crippen molar-refractivity contribution in [2.24, 2.45) is 5.73 Å². The molecule has 9 aromatic rings. The summed E-state index contributed by atoms with van der Waals surface area (Å²) in [6, 6.07) is 38.0. The highest BCUT2D eigenvalue weighted by Gasteiger charge is 2.36. The van der Waals surface area contributed by atoms with Gasteiger partial charge in [-0.05, 0) is 159 Å². The normalized spacial score (nSPS) is 11.9. The van der Waals surface area contributed by atoms with E-state index in [2.05, 4.69) is 40.9 Å². The lowest BCUT2D eigenvalue weighted by molar-refractivity contribution is -0.141. The van der Waals surface area contributed by atoms with Crippen LogP contribution in [0.5, 0.6) is 11.5 Å². The van der Waals surface area contributed by atoms with Gasteiger partial charge < -0.3 is 89.4 Å². The maximum atomic E-state index is 14.6. The van der Waals surface area contributed by atoms with Crippen molar-refractivity contribution < 1.29 is 103 Å². The molecular weight excluding hydrogens is 1830 g/mol. The first-order valence-electron chi connectivity index (χ1n) is 44.2. The van der Waals surface area contributed by atoms with Crippen molar-refractivity contribution in [1.29, 1.82) is 0 Å². The number of aromatic nitrogens is 3. The molecule has 1 atom stereocenters. The number of anilines is 8. The minimum absolute atomic E-state index is 0.0181. The van der Waals surface area contributed by atoms with Crippen molar-refractivity contribution in [1.82, 2.24) is 19.9 Å². The van der Waals surface area contributed by atoms with E-state index in [-0.39, 0.29) is 114 Å². The number of benzene rings is 6. The van der Waals surface area contributed by atoms with Gasteiger partial charge in [-0.2, -0.15) is 0 Å². The number of unbranched alkanes of at least 4 members (excludes halogenated alkanes) is 4. The van der Waals surface area contributed by atoms with Crippen molar-refractivity contribution >= 4 is 97.2 Å². The zero-order valence-corrected chi connectivity index (χ0v) is 80.5. The van der Waals surface area contributed by atoms with Gasteiger partial charge in [0.1, 0.15) is 86.8 Å². The molecule has 734 valence electrons. The number of likely N-dealkylation sites (N-methyl/N-ethyl adjacent to an activating group) is 3. The van der Waals surface area contributed by atoms with Gasteiger partial charge >= 0.3 is 29.8 Å². The molecule has 0 bridgehead atoms. The second-order valence-electron chi connectivity index (χ2n) is 29.8. The molecule has 1 aliphatic heterocycles. The molecule has 3 aromatic heterocycles. The van der Waals surface area contributed by atoms with Crippen LogP contribution in [0, 0.1) is 46.5 Å². The molecule has 0 spiro atoms. The Morgan fingerprint density at radius 1 is 0.504 bits per heavy atom. The Balaban J connectivity index is 0.000000346. The second-order valence-corrected chi connectivity index (χ2v) is 30.4. The zero-order chi connectivity index (χ0) is 101. The minimum atomic E-state index is -0.920. The maximum absolute atomic E-state index is 14.6. The average molecular weight is 1960 g/mol. The number of carbonyl (C=O) groups excluding carboxylic acids is 6. The van der Waals surface area contributed by atoms with E-state index in [0.717, 1.165) is 57.2 Å². The Morgan fingerprint density at radius 2 is 0.896 bits per heavy atom. The van der Waals surface area contributed by atoms with Crippen LogP contribution in [0.4, 0.5) is 80.6 Å². The molecule has 10 rings (SSSR count). The fourth-order valence-corrected chi connectivity index (χ4v) is 13.6. The van der Waals surface area contributed by atoms with E-state index in [9.17, 15) is 88.8 Å². The molecule has 1 aliphatic rings. The summed E-state index contributed by atoms with van der Waals surface area (Å²) < 4.78 is 134. The Labute approximate surface area is 791 Å². The number of aryl methyl sites for hydroxylation is 2. The molecule has 1 amide bonds. The van der Waals surface area contributed by atoms with E-state index < -0.39 is 98.4 Å². The predicted octanol–water partition coefficient (Wildman–Crippen LogP) is 19.7. The summed E-state index contributed by atoms with van der Waals surface area (Å²) in [5.41, 5.74) is 7.21. The lowest BCUT2D eigenvalue weighted by Crippen LogP contribution is -2.34. The van der Waals surface area contributed by atoms with E-state index >= 15 is 0 Å². The summed E-state index contributed by atoms with van der Waals surface area (Å²) in [4.78, 5) is 114. The van der Waals surface area contributed by atoms with E-state index in [1.54, 1.807) is 167 Å². The number of para-hydroxylation sites is 6. The standard InChI is InChI=1S/C26H27F3N4O3.C19H23FN2O4.C16H23FN2O2.C16H22FNO3.C11H14FNO2.C7H8FN.C4H7BrO2/c1-3-4-8-19-23(32(2)20-9-6-5-7-17(20)28)24(34)21(25(35)31-19)26(36)33-11-10-15(14-33)22-18(29)12-16(27)13-30-22;1-4-6-10-13-16(22(3)14-11-8-7-9-12(14)20)17(23)15(18(24)21-13)19(25)26-5-2;1-4-6-10-13(18)15(16(20)21-5-2)19(3)14-11-8-7-9-12(14)17;1-4-6-11-14(19)15(16(20)21-5-2)18(3)13-10-8-7-9-12(13)17;1-3-15-11(14)8-13(2)10-7-5-4-6-9(10)12;1-9-7-5-3-2-4-6(7)8;1-2-7-4(6)3-5/h5-7,9,12-13,15H,3-4,8,10-11,14H2,1-2H3,(H2,31,34,35);7-9,11H,4-6,10H2,1-3H3,(H2,21,23,24);7-9,11H,4-6,10,18H2,1-3H3;7-10,19H,4-6,11H2,1-3H3;4-7H,3,8H2,1-2H3;2-5,9H,1H3;2-3H2,1H3/b;;15-13+;15-14+;;;. The second kappa shape index (κ2) is 60.0. The summed E-state index contributed by atoms with van der Waals surface area (Å²) in [6.07, 6.45) is 9.64. The number of pyridine rings is 3. The summed E-state index contributed by atoms with van der Waals surface area (Å²) in [5, 5.41) is 35.1. The first kappa shape index (κ1) is 114. The van der Waals surface area contributed by atoms with Gasteiger partial charge in [0, 0.05) is 90.9 Å². The average Bonchev–Trinajstić information content (AvgIpc) is 1.75. The molecule has 1 saturated heterocycles. The van der Waals surface area contributed by atoms with Crippen molar-refractivity contribution in [3.05, 3.63) is 276 Å². The number of alkyl halides is 1. The molecular formula is C99H124BrF8N11O16. The number of halogens is 9. The number of nitrogens with one attached hydrogen (secondary N) is 3. The van der Waals surface area contributed by atoms with Crippen LogP contribution < -0.4 is 46.7 Å². The molecule has 0 radical (unpaired) electrons. The van der Waals surface area contributed by atoms with E-state index in [1.165, 1.54) is 85.0 Å². The number of H-pyrrole nitrogens is 2. The third-order valence-corrected chi connectivity index (χ3v) is 20.7. The lowest BCUT2D eigenvalue weighted by Gasteiger charge is -2.26. The molecule has 36 heteroatoms. The molecule has 135 heavy (non-hydrogen) atoms. The van der Waals surface area contributed by atoms with Crippen molar-refractivity contribution in [3.8, 4) is 11.5 Å². The lowest BCUT2D eigenvalue weighted by atomic mass is 10.0. The number of carbonyl (C=O) groups is 6. The van der Waals surface area contributed by atoms with E-state index in [1.807, 2.05) is 27.7 Å². The zero-order valence-electron chi connectivity index (χ0n) is 78.9. The molecule has 4 heterocycles. The number of ether oxygens (including phenoxy) is 5. The highest BCUT2D eigenvalue weighted by Crippen LogP contribution is 2.41. The van der Waals surface area contributed by atoms with Gasteiger partial charge in [0.05, 0.1) is 79.0 Å². The van der Waals surface area contributed by atoms with Crippen LogP contribution >= 0.6 is 15.9 Å². The van der Waals surface area contributed by atoms with E-state index in [0.29, 0.717) is 91.2 Å². The third-order valence-electron chi connectivity index (χ3n) is 20.2. The Kier molecular flexibility index (Phi) is 50.6. The number of hydrogen-bond acceptors (Lipinski definition) is 24. The number of aliphatic hydroxyl groups is 1. The van der Waals surface area contributed by atoms with Crippen LogP contribution in [0.2, 0.25) is 0 Å². The van der Waals surface area contributed by atoms with Gasteiger partial charge in [0.25, 0.3) is 17.0 Å². The molecule has 8 N–H and O–H groups in total. The Hall–Kier alpha value is -13.4. The number of nitrogens with zero attached hydrogens (tertiary/aromatic N) is 7. The number of rotatable bonds is 35. The number of nitrogens with two attached hydrogens (primary N) is 1. The fourth-order valence-electron chi connectivity index (χ4n) is 13.5. The van der Waals surface area contributed by atoms with Gasteiger partial charge in [-0.15, -0.1) is 0 Å². The number of esters is 5. The SMILES string of the molecule is CCCC/C(N)=C(/C(=O)OCC)N(C)c1ccccc1F.CCCC/C(O)=C(/C(=O)OCC)N(C)c1ccccc1F.CCCCc1[nH]c(=O)c(C(=O)N2CCC(c3ncc(F)cc3F)C2)c(O)c1N(C)c1ccccc1F.CCCCc1[nH]c(=O)c(C(=O)OCC)c(O)c1N(C)c1ccccc1F.CCOC(=O)CBr.CCOC(=O)CN(C)c1ccccc1F.CNc1ccccc1F. The number of aliphatic hydroxyl groups excluding tert-OH is 1. The molecule has 0 saturated carbocycles. The molecule has 1 unspecified atom stereocenters. The van der Waals surface area contributed by atoms with Crippen LogP contribution in [-0.4, -0.2) is 171 Å². The number of allylic oxidation sites excluding steroid dienone is 2. The van der Waals surface area contributed by atoms with Crippen LogP contribution in [0.25, 0.3) is 0 Å². The number of aromatic amines is 2. The third kappa shape index (κ3) is 34.5. The highest BCUT2D eigenvalue weighted by atomic mass is 79.9. The summed E-state index contributed by atoms with van der Waals surface area (Å²) in [5.74, 6) is -9.08. The molecule has 27 nitrogen and oxygen atoms in total. The fraction of sp³-hybridized carbons (Fsp3) is 0.384. The smallest absolute Gasteiger partial charge is 0.358 e. The Bertz CT molecular complexity index is 5420. The van der Waals surface area contributed by atoms with Gasteiger partial charge in [-0.3, -0.25) is 29.0 Å². The quantitative estimate of drug-likeness (QED) is 0.00484. The van der Waals surface area contributed by atoms with Gasteiger partial charge in [0.2, 0.25) is 0 Å². The van der Waals surface area contributed by atoms with Gasteiger partial charge in [-0.1, -0.05) is 142 Å². The summed E-state index contributed by atoms with van der Waals surface area (Å²) >= 11 is 2.94. The van der Waals surface area contributed by atoms with Crippen LogP contribution in [0.1, 0.15) is 177 Å². The number of aromatic hydroxyl groups is 2. The molecule has 1 fully saturated rings.